The van der Waals surface area contributed by atoms with E-state index in [2.05, 4.69) is 5.32 Å². The fraction of sp³-hybridized carbons (Fsp3) is 0.409. The van der Waals surface area contributed by atoms with Crippen molar-refractivity contribution in [3.05, 3.63) is 53.6 Å². The summed E-state index contributed by atoms with van der Waals surface area (Å²) in [5.74, 6) is 1.53. The van der Waals surface area contributed by atoms with Gasteiger partial charge in [0.25, 0.3) is 0 Å². The maximum Gasteiger partial charge on any atom is 0.322 e. The molecule has 0 bridgehead atoms. The highest BCUT2D eigenvalue weighted by Gasteiger charge is 2.26. The van der Waals surface area contributed by atoms with Gasteiger partial charge in [-0.05, 0) is 55.2 Å². The maximum absolute atomic E-state index is 13.1. The molecule has 1 N–H and O–H groups in total. The van der Waals surface area contributed by atoms with Crippen LogP contribution in [0.15, 0.2) is 42.5 Å². The average molecular weight is 366 g/mol. The Labute approximate surface area is 160 Å². The lowest BCUT2D eigenvalue weighted by Gasteiger charge is -2.34. The molecule has 0 aromatic heterocycles. The van der Waals surface area contributed by atoms with Gasteiger partial charge in [0.05, 0.1) is 0 Å². The van der Waals surface area contributed by atoms with Crippen molar-refractivity contribution >= 4 is 11.7 Å². The minimum absolute atomic E-state index is 0.0369. The highest BCUT2D eigenvalue weighted by Crippen LogP contribution is 2.33. The molecule has 1 saturated carbocycles. The second kappa shape index (κ2) is 7.91. The van der Waals surface area contributed by atoms with E-state index in [4.69, 9.17) is 9.47 Å². The first-order valence-electron chi connectivity index (χ1n) is 9.72. The number of ether oxygens (including phenoxy) is 2. The first-order chi connectivity index (χ1) is 13.2. The third-order valence-electron chi connectivity index (χ3n) is 5.34. The van der Waals surface area contributed by atoms with E-state index in [1.807, 2.05) is 54.3 Å². The topological polar surface area (TPSA) is 50.8 Å². The van der Waals surface area contributed by atoms with Crippen molar-refractivity contribution < 1.29 is 14.3 Å². The van der Waals surface area contributed by atoms with Crippen LogP contribution in [0.25, 0.3) is 0 Å². The van der Waals surface area contributed by atoms with Crippen molar-refractivity contribution in [3.8, 4) is 11.5 Å². The van der Waals surface area contributed by atoms with Crippen LogP contribution in [-0.2, 0) is 6.54 Å². The first-order valence-corrected chi connectivity index (χ1v) is 9.72. The maximum atomic E-state index is 13.1. The summed E-state index contributed by atoms with van der Waals surface area (Å²) in [4.78, 5) is 15.1. The van der Waals surface area contributed by atoms with Crippen molar-refractivity contribution in [2.75, 3.05) is 12.1 Å². The molecule has 5 nitrogen and oxygen atoms in total. The van der Waals surface area contributed by atoms with Gasteiger partial charge >= 0.3 is 6.03 Å². The molecule has 1 aliphatic heterocycles. The molecule has 27 heavy (non-hydrogen) atoms. The van der Waals surface area contributed by atoms with Gasteiger partial charge in [0, 0.05) is 18.3 Å². The number of nitrogens with one attached hydrogen (secondary N) is 1. The number of anilines is 1. The molecule has 1 heterocycles. The molecule has 2 aliphatic rings. The fourth-order valence-electron chi connectivity index (χ4n) is 3.91. The third-order valence-corrected chi connectivity index (χ3v) is 5.34. The second-order valence-corrected chi connectivity index (χ2v) is 7.41. The van der Waals surface area contributed by atoms with Crippen LogP contribution in [0.5, 0.6) is 11.5 Å². The molecule has 2 aromatic rings. The van der Waals surface area contributed by atoms with Gasteiger partial charge in [-0.1, -0.05) is 37.5 Å². The Kier molecular flexibility index (Phi) is 5.19. The molecule has 5 heteroatoms. The lowest BCUT2D eigenvalue weighted by molar-refractivity contribution is 0.162. The predicted molar refractivity (Wildman–Crippen MR) is 105 cm³/mol. The Bertz CT molecular complexity index is 815. The number of amides is 2. The standard InChI is InChI=1S/C22H26N2O3/c1-16-6-5-7-18(12-16)23-22(25)24(19-8-3-2-4-9-19)14-17-10-11-20-21(13-17)27-15-26-20/h5-7,10-13,19H,2-4,8-9,14-15H2,1H3,(H,23,25). The Hall–Kier alpha value is -2.69. The van der Waals surface area contributed by atoms with Crippen LogP contribution in [0.4, 0.5) is 10.5 Å². The molecule has 2 amide bonds. The van der Waals surface area contributed by atoms with Crippen molar-refractivity contribution in [1.29, 1.82) is 0 Å². The highest BCUT2D eigenvalue weighted by atomic mass is 16.7. The number of carbonyl (C=O) groups excluding carboxylic acids is 1. The number of aryl methyl sites for hydroxylation is 1. The van der Waals surface area contributed by atoms with Gasteiger partial charge in [0.2, 0.25) is 6.79 Å². The van der Waals surface area contributed by atoms with Gasteiger partial charge < -0.3 is 19.7 Å². The molecule has 0 atom stereocenters. The van der Waals surface area contributed by atoms with Gasteiger partial charge in [0.15, 0.2) is 11.5 Å². The summed E-state index contributed by atoms with van der Waals surface area (Å²) in [6.45, 7) is 2.86. The van der Waals surface area contributed by atoms with E-state index in [0.29, 0.717) is 6.54 Å². The van der Waals surface area contributed by atoms with Gasteiger partial charge in [-0.25, -0.2) is 4.79 Å². The molecular formula is C22H26N2O3. The first kappa shape index (κ1) is 17.7. The molecule has 2 aromatic carbocycles. The van der Waals surface area contributed by atoms with Gasteiger partial charge in [0.1, 0.15) is 0 Å². The zero-order valence-electron chi connectivity index (χ0n) is 15.7. The fourth-order valence-corrected chi connectivity index (χ4v) is 3.91. The Morgan fingerprint density at radius 2 is 1.89 bits per heavy atom. The van der Waals surface area contributed by atoms with Crippen molar-refractivity contribution in [2.45, 2.75) is 51.6 Å². The molecule has 0 saturated heterocycles. The molecular weight excluding hydrogens is 340 g/mol. The van der Waals surface area contributed by atoms with E-state index in [-0.39, 0.29) is 18.9 Å². The molecule has 0 radical (unpaired) electrons. The number of hydrogen-bond donors (Lipinski definition) is 1. The van der Waals surface area contributed by atoms with Crippen molar-refractivity contribution in [2.24, 2.45) is 0 Å². The van der Waals surface area contributed by atoms with E-state index >= 15 is 0 Å². The number of rotatable bonds is 4. The van der Waals surface area contributed by atoms with Crippen molar-refractivity contribution in [1.82, 2.24) is 4.90 Å². The Morgan fingerprint density at radius 1 is 1.07 bits per heavy atom. The number of carbonyl (C=O) groups is 1. The number of fused-ring (bicyclic) bond motifs is 1. The molecule has 142 valence electrons. The van der Waals surface area contributed by atoms with Crippen LogP contribution >= 0.6 is 0 Å². The molecule has 0 spiro atoms. The number of nitrogens with zero attached hydrogens (tertiary/aromatic N) is 1. The average Bonchev–Trinajstić information content (AvgIpc) is 3.14. The minimum Gasteiger partial charge on any atom is -0.454 e. The van der Waals surface area contributed by atoms with Crippen LogP contribution in [-0.4, -0.2) is 23.8 Å². The summed E-state index contributed by atoms with van der Waals surface area (Å²) >= 11 is 0. The summed E-state index contributed by atoms with van der Waals surface area (Å²) in [6.07, 6.45) is 5.74. The number of benzene rings is 2. The van der Waals surface area contributed by atoms with Crippen LogP contribution in [0.1, 0.15) is 43.2 Å². The summed E-state index contributed by atoms with van der Waals surface area (Å²) in [7, 11) is 0. The lowest BCUT2D eigenvalue weighted by atomic mass is 9.94. The Morgan fingerprint density at radius 3 is 2.70 bits per heavy atom. The van der Waals surface area contributed by atoms with Crippen LogP contribution in [0, 0.1) is 6.92 Å². The zero-order chi connectivity index (χ0) is 18.6. The smallest absolute Gasteiger partial charge is 0.322 e. The Balaban J connectivity index is 1.53. The quantitative estimate of drug-likeness (QED) is 0.820. The molecule has 4 rings (SSSR count). The van der Waals surface area contributed by atoms with E-state index in [1.165, 1.54) is 19.3 Å². The van der Waals surface area contributed by atoms with Crippen LogP contribution in [0.3, 0.4) is 0 Å². The molecule has 0 unspecified atom stereocenters. The summed E-state index contributed by atoms with van der Waals surface area (Å²) in [6, 6.07) is 14.1. The van der Waals surface area contributed by atoms with Crippen molar-refractivity contribution in [3.63, 3.8) is 0 Å². The number of urea groups is 1. The van der Waals surface area contributed by atoms with Gasteiger partial charge in [-0.2, -0.15) is 0 Å². The van der Waals surface area contributed by atoms with E-state index < -0.39 is 0 Å². The highest BCUT2D eigenvalue weighted by molar-refractivity contribution is 5.89. The predicted octanol–water partition coefficient (Wildman–Crippen LogP) is 5.09. The second-order valence-electron chi connectivity index (χ2n) is 7.41. The SMILES string of the molecule is Cc1cccc(NC(=O)N(Cc2ccc3c(c2)OCO3)C2CCCCC2)c1. The summed E-state index contributed by atoms with van der Waals surface area (Å²) < 4.78 is 10.9. The lowest BCUT2D eigenvalue weighted by Crippen LogP contribution is -2.43. The third kappa shape index (κ3) is 4.18. The van der Waals surface area contributed by atoms with Crippen LogP contribution in [0.2, 0.25) is 0 Å². The van der Waals surface area contributed by atoms with Gasteiger partial charge in [-0.3, -0.25) is 0 Å². The normalized spacial score (nSPS) is 16.2. The number of hydrogen-bond acceptors (Lipinski definition) is 3. The van der Waals surface area contributed by atoms with E-state index in [0.717, 1.165) is 41.2 Å². The van der Waals surface area contributed by atoms with Gasteiger partial charge in [-0.15, -0.1) is 0 Å². The van der Waals surface area contributed by atoms with Crippen LogP contribution < -0.4 is 14.8 Å². The zero-order valence-corrected chi connectivity index (χ0v) is 15.7. The summed E-state index contributed by atoms with van der Waals surface area (Å²) in [5.41, 5.74) is 3.03. The monoisotopic (exact) mass is 366 g/mol. The van der Waals surface area contributed by atoms with E-state index in [1.54, 1.807) is 0 Å². The largest absolute Gasteiger partial charge is 0.454 e. The minimum atomic E-state index is -0.0369. The molecule has 1 fully saturated rings. The van der Waals surface area contributed by atoms with E-state index in [9.17, 15) is 4.79 Å². The molecule has 1 aliphatic carbocycles. The summed E-state index contributed by atoms with van der Waals surface area (Å²) in [5, 5.41) is 3.08.